The maximum Gasteiger partial charge on any atom is 0.224 e. The number of fused-ring (bicyclic) bond motifs is 1. The van der Waals surface area contributed by atoms with Gasteiger partial charge in [0.25, 0.3) is 0 Å². The van der Waals surface area contributed by atoms with Crippen LogP contribution in [-0.2, 0) is 4.79 Å². The van der Waals surface area contributed by atoms with E-state index in [2.05, 4.69) is 16.3 Å². The first-order valence-electron chi connectivity index (χ1n) is 9.17. The molecule has 1 saturated heterocycles. The van der Waals surface area contributed by atoms with E-state index in [-0.39, 0.29) is 5.91 Å². The summed E-state index contributed by atoms with van der Waals surface area (Å²) in [5.41, 5.74) is 1.94. The molecule has 2 aliphatic rings. The van der Waals surface area contributed by atoms with Crippen molar-refractivity contribution in [3.05, 3.63) is 23.2 Å². The molecule has 128 valence electrons. The predicted molar refractivity (Wildman–Crippen MR) is 99.7 cm³/mol. The minimum absolute atomic E-state index is 0.0578. The third kappa shape index (κ3) is 3.20. The van der Waals surface area contributed by atoms with Gasteiger partial charge in [0.05, 0.1) is 15.2 Å². The zero-order valence-electron chi connectivity index (χ0n) is 14.3. The van der Waals surface area contributed by atoms with Gasteiger partial charge in [0.15, 0.2) is 0 Å². The summed E-state index contributed by atoms with van der Waals surface area (Å²) in [6.45, 7) is 4.45. The number of aromatic nitrogens is 1. The molecule has 2 aromatic rings. The Bertz CT molecular complexity index is 729. The molecular weight excluding hydrogens is 318 g/mol. The topological polar surface area (TPSA) is 45.2 Å². The minimum atomic E-state index is 0.0578. The number of carbonyl (C=O) groups is 1. The Morgan fingerprint density at radius 1 is 1.29 bits per heavy atom. The third-order valence-corrected chi connectivity index (χ3v) is 6.56. The molecule has 1 aliphatic carbocycles. The number of amides is 1. The maximum atomic E-state index is 11.5. The SMILES string of the molecule is CCC(=O)Nc1ccc2nc([C@H]3C[C@@H](N4CCCCC4)C3)sc2c1. The molecule has 0 bridgehead atoms. The van der Waals surface area contributed by atoms with Crippen LogP contribution in [0.5, 0.6) is 0 Å². The van der Waals surface area contributed by atoms with Gasteiger partial charge in [-0.25, -0.2) is 4.98 Å². The second-order valence-electron chi connectivity index (χ2n) is 7.06. The van der Waals surface area contributed by atoms with Crippen molar-refractivity contribution in [2.75, 3.05) is 18.4 Å². The summed E-state index contributed by atoms with van der Waals surface area (Å²) in [5.74, 6) is 0.686. The first kappa shape index (κ1) is 16.0. The number of hydrogen-bond acceptors (Lipinski definition) is 4. The van der Waals surface area contributed by atoms with Crippen LogP contribution in [0.4, 0.5) is 5.69 Å². The van der Waals surface area contributed by atoms with Crippen LogP contribution >= 0.6 is 11.3 Å². The van der Waals surface area contributed by atoms with E-state index < -0.39 is 0 Å². The minimum Gasteiger partial charge on any atom is -0.326 e. The summed E-state index contributed by atoms with van der Waals surface area (Å²) in [6, 6.07) is 6.82. The molecule has 0 radical (unpaired) electrons. The van der Waals surface area contributed by atoms with E-state index in [1.165, 1.54) is 54.9 Å². The van der Waals surface area contributed by atoms with Gasteiger partial charge in [-0.05, 0) is 57.0 Å². The Hall–Kier alpha value is -1.46. The van der Waals surface area contributed by atoms with Gasteiger partial charge in [-0.15, -0.1) is 11.3 Å². The lowest BCUT2D eigenvalue weighted by molar-refractivity contribution is -0.115. The molecule has 1 N–H and O–H groups in total. The van der Waals surface area contributed by atoms with Crippen LogP contribution in [0.15, 0.2) is 18.2 Å². The van der Waals surface area contributed by atoms with E-state index in [4.69, 9.17) is 4.98 Å². The van der Waals surface area contributed by atoms with Gasteiger partial charge in [0, 0.05) is 24.1 Å². The lowest BCUT2D eigenvalue weighted by Gasteiger charge is -2.43. The molecule has 4 nitrogen and oxygen atoms in total. The van der Waals surface area contributed by atoms with Crippen LogP contribution < -0.4 is 5.32 Å². The van der Waals surface area contributed by atoms with Crippen LogP contribution in [0, 0.1) is 0 Å². The van der Waals surface area contributed by atoms with Crippen molar-refractivity contribution in [3.8, 4) is 0 Å². The molecule has 2 fully saturated rings. The van der Waals surface area contributed by atoms with Gasteiger partial charge in [-0.3, -0.25) is 4.79 Å². The summed E-state index contributed by atoms with van der Waals surface area (Å²) in [7, 11) is 0. The number of hydrogen-bond donors (Lipinski definition) is 1. The number of carbonyl (C=O) groups excluding carboxylic acids is 1. The van der Waals surface area contributed by atoms with Gasteiger partial charge in [0.2, 0.25) is 5.91 Å². The molecule has 1 saturated carbocycles. The molecule has 1 aromatic heterocycles. The number of likely N-dealkylation sites (tertiary alicyclic amines) is 1. The van der Waals surface area contributed by atoms with Gasteiger partial charge in [-0.2, -0.15) is 0 Å². The first-order valence-corrected chi connectivity index (χ1v) is 9.99. The number of nitrogens with one attached hydrogen (secondary N) is 1. The molecule has 0 spiro atoms. The quantitative estimate of drug-likeness (QED) is 0.896. The fourth-order valence-corrected chi connectivity index (χ4v) is 4.95. The average molecular weight is 343 g/mol. The van der Waals surface area contributed by atoms with E-state index in [0.717, 1.165) is 17.2 Å². The van der Waals surface area contributed by atoms with Crippen molar-refractivity contribution in [3.63, 3.8) is 0 Å². The Kier molecular flexibility index (Phi) is 4.55. The largest absolute Gasteiger partial charge is 0.326 e. The highest BCUT2D eigenvalue weighted by Crippen LogP contribution is 2.43. The van der Waals surface area contributed by atoms with E-state index in [9.17, 15) is 4.79 Å². The van der Waals surface area contributed by atoms with E-state index >= 15 is 0 Å². The van der Waals surface area contributed by atoms with E-state index in [1.807, 2.05) is 19.1 Å². The van der Waals surface area contributed by atoms with Gasteiger partial charge >= 0.3 is 0 Å². The third-order valence-electron chi connectivity index (χ3n) is 5.38. The summed E-state index contributed by atoms with van der Waals surface area (Å²) < 4.78 is 1.18. The molecular formula is C19H25N3OS. The normalized spacial score (nSPS) is 24.7. The zero-order valence-corrected chi connectivity index (χ0v) is 15.1. The first-order chi connectivity index (χ1) is 11.7. The fourth-order valence-electron chi connectivity index (χ4n) is 3.82. The van der Waals surface area contributed by atoms with Crippen molar-refractivity contribution in [2.24, 2.45) is 0 Å². The van der Waals surface area contributed by atoms with Crippen molar-refractivity contribution in [1.29, 1.82) is 0 Å². The summed E-state index contributed by atoms with van der Waals surface area (Å²) >= 11 is 1.80. The van der Waals surface area contributed by atoms with Crippen molar-refractivity contribution < 1.29 is 4.79 Å². The highest BCUT2D eigenvalue weighted by molar-refractivity contribution is 7.18. The monoisotopic (exact) mass is 343 g/mol. The highest BCUT2D eigenvalue weighted by atomic mass is 32.1. The molecule has 0 unspecified atom stereocenters. The Labute approximate surface area is 147 Å². The second-order valence-corrected chi connectivity index (χ2v) is 8.12. The molecule has 24 heavy (non-hydrogen) atoms. The highest BCUT2D eigenvalue weighted by Gasteiger charge is 2.36. The zero-order chi connectivity index (χ0) is 16.5. The number of rotatable bonds is 4. The van der Waals surface area contributed by atoms with Crippen LogP contribution in [0.3, 0.4) is 0 Å². The number of piperidine rings is 1. The molecule has 2 heterocycles. The Morgan fingerprint density at radius 3 is 2.83 bits per heavy atom. The average Bonchev–Trinajstić information content (AvgIpc) is 2.97. The van der Waals surface area contributed by atoms with E-state index in [0.29, 0.717) is 12.3 Å². The number of nitrogens with zero attached hydrogens (tertiary/aromatic N) is 2. The number of anilines is 1. The van der Waals surface area contributed by atoms with E-state index in [1.54, 1.807) is 11.3 Å². The summed E-state index contributed by atoms with van der Waals surface area (Å²) in [5, 5.41) is 4.21. The van der Waals surface area contributed by atoms with Gasteiger partial charge < -0.3 is 10.2 Å². The molecule has 1 amide bonds. The smallest absolute Gasteiger partial charge is 0.224 e. The molecule has 1 aromatic carbocycles. The number of benzene rings is 1. The van der Waals surface area contributed by atoms with Crippen molar-refractivity contribution in [2.45, 2.75) is 57.4 Å². The summed E-state index contributed by atoms with van der Waals surface area (Å²) in [4.78, 5) is 19.1. The standard InChI is InChI=1S/C19H25N3OS/c1-2-18(23)20-14-6-7-16-17(12-14)24-19(21-16)13-10-15(11-13)22-8-4-3-5-9-22/h6-7,12-13,15H,2-5,8-11H2,1H3,(H,20,23)/t13-,15+. The van der Waals surface area contributed by atoms with Gasteiger partial charge in [-0.1, -0.05) is 13.3 Å². The molecule has 5 heteroatoms. The van der Waals surface area contributed by atoms with Gasteiger partial charge in [0.1, 0.15) is 0 Å². The Morgan fingerprint density at radius 2 is 2.08 bits per heavy atom. The summed E-state index contributed by atoms with van der Waals surface area (Å²) in [6.07, 6.45) is 7.18. The molecule has 1 aliphatic heterocycles. The van der Waals surface area contributed by atoms with Crippen molar-refractivity contribution in [1.82, 2.24) is 9.88 Å². The molecule has 4 rings (SSSR count). The van der Waals surface area contributed by atoms with Crippen molar-refractivity contribution >= 4 is 33.1 Å². The second kappa shape index (κ2) is 6.81. The van der Waals surface area contributed by atoms with Crippen LogP contribution in [0.2, 0.25) is 0 Å². The van der Waals surface area contributed by atoms with Crippen LogP contribution in [-0.4, -0.2) is 34.9 Å². The van der Waals surface area contributed by atoms with Crippen LogP contribution in [0.1, 0.15) is 56.4 Å². The fraction of sp³-hybridized carbons (Fsp3) is 0.579. The lowest BCUT2D eigenvalue weighted by atomic mass is 9.79. The Balaban J connectivity index is 1.43. The molecule has 0 atom stereocenters. The predicted octanol–water partition coefficient (Wildman–Crippen LogP) is 4.38. The van der Waals surface area contributed by atoms with Crippen LogP contribution in [0.25, 0.3) is 10.2 Å². The number of thiazole rings is 1. The maximum absolute atomic E-state index is 11.5. The lowest BCUT2D eigenvalue weighted by Crippen LogP contribution is -2.46.